The number of hydrogen-bond donors (Lipinski definition) is 1. The number of nitrogens with one attached hydrogen (secondary N) is 1. The molecule has 21 heavy (non-hydrogen) atoms. The average molecular weight is 295 g/mol. The molecule has 0 fully saturated rings. The topological polar surface area (TPSA) is 32.9 Å². The highest BCUT2D eigenvalue weighted by Gasteiger charge is 2.07. The van der Waals surface area contributed by atoms with Crippen LogP contribution in [0.5, 0.6) is 0 Å². The lowest BCUT2D eigenvalue weighted by Gasteiger charge is -2.01. The van der Waals surface area contributed by atoms with E-state index >= 15 is 0 Å². The van der Waals surface area contributed by atoms with Crippen LogP contribution in [0, 0.1) is 0 Å². The first-order chi connectivity index (χ1) is 10.3. The quantitative estimate of drug-likeness (QED) is 0.685. The third-order valence-corrected chi connectivity index (χ3v) is 4.42. The van der Waals surface area contributed by atoms with Crippen molar-refractivity contribution in [2.75, 3.05) is 0 Å². The average Bonchev–Trinajstić information content (AvgIpc) is 2.92. The van der Waals surface area contributed by atoms with E-state index in [9.17, 15) is 4.79 Å². The standard InChI is InChI=1S/C18H17NOS/c20-18(21-15-8-2-1-3-9-15)12-6-7-14-13-19-17-11-5-4-10-16(14)17/h1-5,8-11,13,19H,6-7,12H2. The van der Waals surface area contributed by atoms with Crippen molar-refractivity contribution in [1.82, 2.24) is 4.98 Å². The Kier molecular flexibility index (Phi) is 4.41. The molecule has 3 aromatic rings. The first-order valence-corrected chi connectivity index (χ1v) is 7.95. The van der Waals surface area contributed by atoms with E-state index in [1.165, 1.54) is 22.7 Å². The lowest BCUT2D eigenvalue weighted by atomic mass is 10.1. The monoisotopic (exact) mass is 295 g/mol. The van der Waals surface area contributed by atoms with E-state index in [1.54, 1.807) is 0 Å². The summed E-state index contributed by atoms with van der Waals surface area (Å²) in [6.45, 7) is 0. The van der Waals surface area contributed by atoms with Gasteiger partial charge >= 0.3 is 0 Å². The van der Waals surface area contributed by atoms with Crippen LogP contribution in [0.1, 0.15) is 18.4 Å². The molecule has 0 bridgehead atoms. The van der Waals surface area contributed by atoms with Crippen LogP contribution in [0.2, 0.25) is 0 Å². The number of H-pyrrole nitrogens is 1. The molecule has 3 heteroatoms. The molecule has 0 radical (unpaired) electrons. The van der Waals surface area contributed by atoms with E-state index in [-0.39, 0.29) is 5.12 Å². The highest BCUT2D eigenvalue weighted by Crippen LogP contribution is 2.23. The third kappa shape index (κ3) is 3.56. The van der Waals surface area contributed by atoms with Crippen molar-refractivity contribution >= 4 is 27.8 Å². The van der Waals surface area contributed by atoms with E-state index in [2.05, 4.69) is 29.4 Å². The van der Waals surface area contributed by atoms with Gasteiger partial charge < -0.3 is 4.98 Å². The van der Waals surface area contributed by atoms with Crippen LogP contribution < -0.4 is 0 Å². The smallest absolute Gasteiger partial charge is 0.193 e. The third-order valence-electron chi connectivity index (χ3n) is 3.48. The second-order valence-electron chi connectivity index (χ2n) is 5.00. The number of rotatable bonds is 5. The number of carbonyl (C=O) groups excluding carboxylic acids is 1. The fourth-order valence-electron chi connectivity index (χ4n) is 2.43. The van der Waals surface area contributed by atoms with Gasteiger partial charge in [0.25, 0.3) is 0 Å². The number of aryl methyl sites for hydroxylation is 1. The number of thioether (sulfide) groups is 1. The molecule has 2 nitrogen and oxygen atoms in total. The fourth-order valence-corrected chi connectivity index (χ4v) is 3.24. The molecule has 0 unspecified atom stereocenters. The van der Waals surface area contributed by atoms with Crippen molar-refractivity contribution in [1.29, 1.82) is 0 Å². The number of benzene rings is 2. The molecule has 0 aliphatic rings. The summed E-state index contributed by atoms with van der Waals surface area (Å²) in [5.74, 6) is 0. The van der Waals surface area contributed by atoms with E-state index in [1.807, 2.05) is 36.4 Å². The molecule has 0 spiro atoms. The maximum atomic E-state index is 12.0. The van der Waals surface area contributed by atoms with Crippen LogP contribution in [-0.4, -0.2) is 10.1 Å². The predicted molar refractivity (Wildman–Crippen MR) is 88.5 cm³/mol. The Bertz CT molecular complexity index is 733. The molecule has 0 aliphatic carbocycles. The van der Waals surface area contributed by atoms with E-state index in [4.69, 9.17) is 0 Å². The van der Waals surface area contributed by atoms with Gasteiger partial charge in [-0.3, -0.25) is 4.79 Å². The van der Waals surface area contributed by atoms with Gasteiger partial charge in [-0.2, -0.15) is 0 Å². The lowest BCUT2D eigenvalue weighted by Crippen LogP contribution is -1.93. The predicted octanol–water partition coefficient (Wildman–Crippen LogP) is 4.81. The van der Waals surface area contributed by atoms with Gasteiger partial charge in [-0.15, -0.1) is 0 Å². The fraction of sp³-hybridized carbons (Fsp3) is 0.167. The Balaban J connectivity index is 1.53. The minimum atomic E-state index is 0.237. The Morgan fingerprint density at radius 2 is 1.76 bits per heavy atom. The van der Waals surface area contributed by atoms with Gasteiger partial charge in [0, 0.05) is 28.4 Å². The summed E-state index contributed by atoms with van der Waals surface area (Å²) < 4.78 is 0. The molecule has 0 saturated heterocycles. The van der Waals surface area contributed by atoms with Crippen LogP contribution in [0.15, 0.2) is 65.7 Å². The summed E-state index contributed by atoms with van der Waals surface area (Å²) in [5, 5.41) is 1.50. The van der Waals surface area contributed by atoms with Crippen molar-refractivity contribution in [3.8, 4) is 0 Å². The van der Waals surface area contributed by atoms with Gasteiger partial charge in [-0.1, -0.05) is 48.2 Å². The number of aromatic amines is 1. The Morgan fingerprint density at radius 3 is 2.62 bits per heavy atom. The van der Waals surface area contributed by atoms with Crippen molar-refractivity contribution in [2.45, 2.75) is 24.2 Å². The van der Waals surface area contributed by atoms with Gasteiger partial charge in [0.05, 0.1) is 0 Å². The number of carbonyl (C=O) groups is 1. The molecule has 0 saturated carbocycles. The second-order valence-corrected chi connectivity index (χ2v) is 6.13. The van der Waals surface area contributed by atoms with Crippen molar-refractivity contribution in [3.63, 3.8) is 0 Å². The summed E-state index contributed by atoms with van der Waals surface area (Å²) in [5.41, 5.74) is 2.46. The van der Waals surface area contributed by atoms with Gasteiger partial charge in [0.1, 0.15) is 0 Å². The number of aromatic nitrogens is 1. The SMILES string of the molecule is O=C(CCCc1c[nH]c2ccccc12)Sc1ccccc1. The maximum Gasteiger partial charge on any atom is 0.193 e. The molecule has 0 amide bonds. The molecule has 106 valence electrons. The largest absolute Gasteiger partial charge is 0.361 e. The number of para-hydroxylation sites is 1. The molecule has 0 atom stereocenters. The van der Waals surface area contributed by atoms with E-state index in [0.29, 0.717) is 6.42 Å². The van der Waals surface area contributed by atoms with Gasteiger partial charge in [-0.25, -0.2) is 0 Å². The molecule has 1 aromatic heterocycles. The van der Waals surface area contributed by atoms with E-state index < -0.39 is 0 Å². The van der Waals surface area contributed by atoms with Crippen molar-refractivity contribution in [3.05, 3.63) is 66.4 Å². The highest BCUT2D eigenvalue weighted by atomic mass is 32.2. The van der Waals surface area contributed by atoms with Crippen LogP contribution in [-0.2, 0) is 11.2 Å². The summed E-state index contributed by atoms with van der Waals surface area (Å²) in [7, 11) is 0. The zero-order valence-corrected chi connectivity index (χ0v) is 12.5. The maximum absolute atomic E-state index is 12.0. The Hall–Kier alpha value is -2.00. The van der Waals surface area contributed by atoms with Crippen LogP contribution >= 0.6 is 11.8 Å². The van der Waals surface area contributed by atoms with Gasteiger partial charge in [-0.05, 0) is 36.6 Å². The van der Waals surface area contributed by atoms with Crippen molar-refractivity contribution < 1.29 is 4.79 Å². The Labute approximate surface area is 128 Å². The van der Waals surface area contributed by atoms with Crippen molar-refractivity contribution in [2.24, 2.45) is 0 Å². The van der Waals surface area contributed by atoms with Crippen LogP contribution in [0.4, 0.5) is 0 Å². The highest BCUT2D eigenvalue weighted by molar-refractivity contribution is 8.13. The Morgan fingerprint density at radius 1 is 1.00 bits per heavy atom. The molecular formula is C18H17NOS. The molecular weight excluding hydrogens is 278 g/mol. The first-order valence-electron chi connectivity index (χ1n) is 7.13. The second kappa shape index (κ2) is 6.64. The van der Waals surface area contributed by atoms with Gasteiger partial charge in [0.15, 0.2) is 5.12 Å². The lowest BCUT2D eigenvalue weighted by molar-refractivity contribution is -0.111. The zero-order valence-electron chi connectivity index (χ0n) is 11.7. The normalized spacial score (nSPS) is 10.9. The first kappa shape index (κ1) is 14.0. The van der Waals surface area contributed by atoms with E-state index in [0.717, 1.165) is 23.3 Å². The molecule has 2 aromatic carbocycles. The zero-order chi connectivity index (χ0) is 14.5. The summed E-state index contributed by atoms with van der Waals surface area (Å²) in [4.78, 5) is 16.3. The minimum Gasteiger partial charge on any atom is -0.361 e. The minimum absolute atomic E-state index is 0.237. The molecule has 1 heterocycles. The number of fused-ring (bicyclic) bond motifs is 1. The summed E-state index contributed by atoms with van der Waals surface area (Å²) >= 11 is 1.34. The summed E-state index contributed by atoms with van der Waals surface area (Å²) in [6.07, 6.45) is 4.49. The van der Waals surface area contributed by atoms with Crippen LogP contribution in [0.3, 0.4) is 0 Å². The molecule has 3 rings (SSSR count). The summed E-state index contributed by atoms with van der Waals surface area (Å²) in [6, 6.07) is 18.1. The number of hydrogen-bond acceptors (Lipinski definition) is 2. The van der Waals surface area contributed by atoms with Gasteiger partial charge in [0.2, 0.25) is 0 Å². The van der Waals surface area contributed by atoms with Crippen LogP contribution in [0.25, 0.3) is 10.9 Å². The molecule has 1 N–H and O–H groups in total. The molecule has 0 aliphatic heterocycles.